The SMILES string of the molecule is O=[C]OCc1ccc(I)cc1. The molecule has 2 nitrogen and oxygen atoms in total. The average Bonchev–Trinajstić information content (AvgIpc) is 2.04. The third-order valence-electron chi connectivity index (χ3n) is 1.21. The summed E-state index contributed by atoms with van der Waals surface area (Å²) in [5.74, 6) is 0. The van der Waals surface area contributed by atoms with Gasteiger partial charge in [0.1, 0.15) is 6.61 Å². The first-order chi connectivity index (χ1) is 5.33. The monoisotopic (exact) mass is 261 g/mol. The van der Waals surface area contributed by atoms with E-state index in [0.717, 1.165) is 5.56 Å². The first-order valence-electron chi connectivity index (χ1n) is 3.06. The summed E-state index contributed by atoms with van der Waals surface area (Å²) in [5.41, 5.74) is 0.980. The van der Waals surface area contributed by atoms with Crippen LogP contribution in [0.2, 0.25) is 0 Å². The lowest BCUT2D eigenvalue weighted by Crippen LogP contribution is -1.89. The van der Waals surface area contributed by atoms with Crippen molar-refractivity contribution in [3.63, 3.8) is 0 Å². The van der Waals surface area contributed by atoms with E-state index >= 15 is 0 Å². The van der Waals surface area contributed by atoms with E-state index in [2.05, 4.69) is 27.3 Å². The van der Waals surface area contributed by atoms with Crippen LogP contribution in [0, 0.1) is 3.57 Å². The minimum atomic E-state index is 0.306. The molecule has 0 atom stereocenters. The summed E-state index contributed by atoms with van der Waals surface area (Å²) in [7, 11) is 0. The molecule has 0 aliphatic rings. The van der Waals surface area contributed by atoms with Crippen LogP contribution >= 0.6 is 22.6 Å². The van der Waals surface area contributed by atoms with E-state index in [9.17, 15) is 4.79 Å². The molecule has 0 amide bonds. The molecule has 3 heteroatoms. The average molecular weight is 261 g/mol. The van der Waals surface area contributed by atoms with E-state index in [1.54, 1.807) is 0 Å². The summed E-state index contributed by atoms with van der Waals surface area (Å²) < 4.78 is 5.62. The molecule has 0 heterocycles. The fraction of sp³-hybridized carbons (Fsp3) is 0.125. The standard InChI is InChI=1S/C8H6IO2/c9-8-3-1-7(2-4-8)5-11-6-10/h1-4H,5H2. The Morgan fingerprint density at radius 3 is 2.55 bits per heavy atom. The van der Waals surface area contributed by atoms with Gasteiger partial charge in [-0.3, -0.25) is 0 Å². The molecule has 1 aromatic carbocycles. The highest BCUT2D eigenvalue weighted by Gasteiger charge is 1.91. The Hall–Kier alpha value is -0.580. The largest absolute Gasteiger partial charge is 0.452 e. The third-order valence-corrected chi connectivity index (χ3v) is 1.93. The summed E-state index contributed by atoms with van der Waals surface area (Å²) in [6.45, 7) is 1.68. The van der Waals surface area contributed by atoms with Crippen molar-refractivity contribution in [2.75, 3.05) is 0 Å². The molecule has 0 aliphatic carbocycles. The molecule has 1 radical (unpaired) electrons. The molecule has 1 rings (SSSR count). The first kappa shape index (κ1) is 8.52. The Balaban J connectivity index is 2.58. The molecule has 0 bridgehead atoms. The van der Waals surface area contributed by atoms with Gasteiger partial charge in [-0.2, -0.15) is 0 Å². The second kappa shape index (κ2) is 4.33. The van der Waals surface area contributed by atoms with E-state index in [1.165, 1.54) is 10.0 Å². The molecule has 0 aromatic heterocycles. The van der Waals surface area contributed by atoms with Crippen LogP contribution in [0.25, 0.3) is 0 Å². The van der Waals surface area contributed by atoms with Crippen LogP contribution in [-0.2, 0) is 16.1 Å². The van der Waals surface area contributed by atoms with Gasteiger partial charge in [-0.05, 0) is 40.3 Å². The molecule has 0 spiro atoms. The number of benzene rings is 1. The predicted molar refractivity (Wildman–Crippen MR) is 49.6 cm³/mol. The molecule has 11 heavy (non-hydrogen) atoms. The van der Waals surface area contributed by atoms with Crippen molar-refractivity contribution in [2.45, 2.75) is 6.61 Å². The van der Waals surface area contributed by atoms with Gasteiger partial charge >= 0.3 is 6.47 Å². The lowest BCUT2D eigenvalue weighted by molar-refractivity contribution is 0.267. The molecule has 0 unspecified atom stereocenters. The van der Waals surface area contributed by atoms with Gasteiger partial charge in [0.15, 0.2) is 0 Å². The Morgan fingerprint density at radius 2 is 2.00 bits per heavy atom. The van der Waals surface area contributed by atoms with Crippen LogP contribution in [0.1, 0.15) is 5.56 Å². The zero-order valence-corrected chi connectivity index (χ0v) is 7.87. The van der Waals surface area contributed by atoms with Crippen LogP contribution in [0.3, 0.4) is 0 Å². The van der Waals surface area contributed by atoms with E-state index in [1.807, 2.05) is 24.3 Å². The number of halogens is 1. The first-order valence-corrected chi connectivity index (χ1v) is 4.14. The van der Waals surface area contributed by atoms with Gasteiger partial charge in [0.05, 0.1) is 0 Å². The zero-order chi connectivity index (χ0) is 8.10. The maximum absolute atomic E-state index is 9.70. The van der Waals surface area contributed by atoms with Crippen LogP contribution in [0.15, 0.2) is 24.3 Å². The number of hydrogen-bond acceptors (Lipinski definition) is 2. The van der Waals surface area contributed by atoms with Crippen LogP contribution in [-0.4, -0.2) is 6.47 Å². The van der Waals surface area contributed by atoms with Gasteiger partial charge in [-0.25, -0.2) is 4.79 Å². The summed E-state index contributed by atoms with van der Waals surface area (Å²) in [5, 5.41) is 0. The van der Waals surface area contributed by atoms with E-state index in [0.29, 0.717) is 6.61 Å². The van der Waals surface area contributed by atoms with Gasteiger partial charge in [0, 0.05) is 3.57 Å². The fourth-order valence-electron chi connectivity index (χ4n) is 0.693. The van der Waals surface area contributed by atoms with Crippen molar-refractivity contribution in [1.82, 2.24) is 0 Å². The number of carbonyl (C=O) groups excluding carboxylic acids is 1. The van der Waals surface area contributed by atoms with Gasteiger partial charge in [0.2, 0.25) is 0 Å². The molecule has 0 aliphatic heterocycles. The highest BCUT2D eigenvalue weighted by atomic mass is 127. The molecule has 0 saturated heterocycles. The summed E-state index contributed by atoms with van der Waals surface area (Å²) >= 11 is 2.22. The van der Waals surface area contributed by atoms with E-state index in [-0.39, 0.29) is 0 Å². The van der Waals surface area contributed by atoms with E-state index in [4.69, 9.17) is 0 Å². The molecule has 0 fully saturated rings. The second-order valence-electron chi connectivity index (χ2n) is 2.00. The van der Waals surface area contributed by atoms with Gasteiger partial charge in [-0.15, -0.1) is 0 Å². The summed E-state index contributed by atoms with van der Waals surface area (Å²) in [6.07, 6.45) is 0. The molecule has 1 aromatic rings. The normalized spacial score (nSPS) is 9.18. The topological polar surface area (TPSA) is 26.3 Å². The Morgan fingerprint density at radius 1 is 1.36 bits per heavy atom. The molecule has 57 valence electrons. The quantitative estimate of drug-likeness (QED) is 0.776. The van der Waals surface area contributed by atoms with Gasteiger partial charge in [-0.1, -0.05) is 12.1 Å². The minimum absolute atomic E-state index is 0.306. The Bertz CT molecular complexity index is 230. The maximum atomic E-state index is 9.70. The van der Waals surface area contributed by atoms with Crippen LogP contribution < -0.4 is 0 Å². The smallest absolute Gasteiger partial charge is 0.417 e. The predicted octanol–water partition coefficient (Wildman–Crippen LogP) is 1.88. The highest BCUT2D eigenvalue weighted by molar-refractivity contribution is 14.1. The molecule has 0 N–H and O–H groups in total. The molecular weight excluding hydrogens is 255 g/mol. The van der Waals surface area contributed by atoms with E-state index < -0.39 is 0 Å². The Kier molecular flexibility index (Phi) is 3.35. The van der Waals surface area contributed by atoms with Gasteiger partial charge < -0.3 is 4.74 Å². The van der Waals surface area contributed by atoms with Crippen molar-refractivity contribution >= 4 is 29.1 Å². The summed E-state index contributed by atoms with van der Waals surface area (Å²) in [4.78, 5) is 9.70. The maximum Gasteiger partial charge on any atom is 0.417 e. The van der Waals surface area contributed by atoms with Crippen LogP contribution in [0.5, 0.6) is 0 Å². The Labute approximate surface area is 78.7 Å². The number of rotatable bonds is 3. The van der Waals surface area contributed by atoms with Crippen molar-refractivity contribution in [1.29, 1.82) is 0 Å². The lowest BCUT2D eigenvalue weighted by Gasteiger charge is -1.97. The van der Waals surface area contributed by atoms with Crippen molar-refractivity contribution in [3.8, 4) is 0 Å². The van der Waals surface area contributed by atoms with Crippen LogP contribution in [0.4, 0.5) is 0 Å². The zero-order valence-electron chi connectivity index (χ0n) is 5.71. The third kappa shape index (κ3) is 2.88. The highest BCUT2D eigenvalue weighted by Crippen LogP contribution is 2.06. The van der Waals surface area contributed by atoms with Crippen molar-refractivity contribution in [2.24, 2.45) is 0 Å². The van der Waals surface area contributed by atoms with Gasteiger partial charge in [0.25, 0.3) is 0 Å². The molecule has 0 saturated carbocycles. The lowest BCUT2D eigenvalue weighted by atomic mass is 10.2. The molecular formula is C8H6IO2. The minimum Gasteiger partial charge on any atom is -0.452 e. The number of hydrogen-bond donors (Lipinski definition) is 0. The second-order valence-corrected chi connectivity index (χ2v) is 3.24. The number of ether oxygens (including phenoxy) is 1. The van der Waals surface area contributed by atoms with Crippen molar-refractivity contribution < 1.29 is 9.53 Å². The summed E-state index contributed by atoms with van der Waals surface area (Å²) in [6, 6.07) is 7.76. The fourth-order valence-corrected chi connectivity index (χ4v) is 1.05. The van der Waals surface area contributed by atoms with Crippen molar-refractivity contribution in [3.05, 3.63) is 33.4 Å².